The van der Waals surface area contributed by atoms with Crippen LogP contribution >= 0.6 is 24.8 Å². The zero-order valence-electron chi connectivity index (χ0n) is 30.6. The summed E-state index contributed by atoms with van der Waals surface area (Å²) in [6.45, 7) is 15.0. The Kier molecular flexibility index (Phi) is 15.7. The van der Waals surface area contributed by atoms with E-state index in [4.69, 9.17) is 0 Å². The molecular weight excluding hydrogens is 734 g/mol. The van der Waals surface area contributed by atoms with E-state index in [1.807, 2.05) is 42.7 Å². The Balaban J connectivity index is 0.00000486. The Hall–Kier alpha value is -4.37. The normalized spacial score (nSPS) is 14.1. The van der Waals surface area contributed by atoms with Crippen molar-refractivity contribution < 1.29 is 32.7 Å². The van der Waals surface area contributed by atoms with Gasteiger partial charge in [-0.05, 0) is 64.9 Å². The second kappa shape index (κ2) is 18.6. The second-order valence-corrected chi connectivity index (χ2v) is 14.6. The summed E-state index contributed by atoms with van der Waals surface area (Å²) in [5.41, 5.74) is 4.54. The first kappa shape index (κ1) is 44.8. The first-order valence-electron chi connectivity index (χ1n) is 16.6. The number of urea groups is 1. The van der Waals surface area contributed by atoms with E-state index in [0.29, 0.717) is 43.1 Å². The van der Waals surface area contributed by atoms with Crippen LogP contribution in [0.5, 0.6) is 5.75 Å². The van der Waals surface area contributed by atoms with Gasteiger partial charge in [0.05, 0.1) is 24.9 Å². The van der Waals surface area contributed by atoms with Gasteiger partial charge in [0, 0.05) is 54.4 Å². The largest absolute Gasteiger partial charge is 0.507 e. The van der Waals surface area contributed by atoms with Crippen molar-refractivity contribution in [1.82, 2.24) is 15.2 Å². The Labute approximate surface area is 320 Å². The number of phenolic OH excluding ortho intramolecular Hbond substituents is 1. The molecule has 0 spiro atoms. The molecule has 16 heteroatoms. The van der Waals surface area contributed by atoms with E-state index in [0.717, 1.165) is 23.3 Å². The smallest absolute Gasteiger partial charge is 0.416 e. The van der Waals surface area contributed by atoms with E-state index >= 15 is 0 Å². The molecule has 1 aliphatic heterocycles. The summed E-state index contributed by atoms with van der Waals surface area (Å²) < 4.78 is 38.8. The molecule has 3 aromatic rings. The highest BCUT2D eigenvalue weighted by Gasteiger charge is 2.30. The third-order valence-corrected chi connectivity index (χ3v) is 8.28. The van der Waals surface area contributed by atoms with E-state index in [-0.39, 0.29) is 72.0 Å². The maximum Gasteiger partial charge on any atom is 0.416 e. The quantitative estimate of drug-likeness (QED) is 0.115. The molecule has 1 heterocycles. The van der Waals surface area contributed by atoms with Gasteiger partial charge >= 0.3 is 12.2 Å². The number of amides is 4. The maximum absolute atomic E-state index is 12.9. The highest BCUT2D eigenvalue weighted by molar-refractivity contribution is 6.00. The van der Waals surface area contributed by atoms with E-state index in [1.165, 1.54) is 18.3 Å². The number of nitrogens with one attached hydrogen (secondary N) is 4. The highest BCUT2D eigenvalue weighted by atomic mass is 35.5. The summed E-state index contributed by atoms with van der Waals surface area (Å²) >= 11 is 0. The number of alkyl halides is 3. The van der Waals surface area contributed by atoms with Crippen molar-refractivity contribution in [3.63, 3.8) is 0 Å². The van der Waals surface area contributed by atoms with Crippen molar-refractivity contribution in [3.8, 4) is 5.75 Å². The number of carbonyl (C=O) groups is 3. The minimum atomic E-state index is -4.53. The number of hydrogen-bond acceptors (Lipinski definition) is 7. The van der Waals surface area contributed by atoms with Gasteiger partial charge in [0.15, 0.2) is 0 Å². The van der Waals surface area contributed by atoms with Crippen LogP contribution in [0.1, 0.15) is 63.8 Å². The van der Waals surface area contributed by atoms with Crippen molar-refractivity contribution >= 4 is 65.9 Å². The highest BCUT2D eigenvalue weighted by Crippen LogP contribution is 2.37. The van der Waals surface area contributed by atoms with E-state index in [9.17, 15) is 32.7 Å². The Morgan fingerprint density at radius 1 is 0.717 bits per heavy atom. The summed E-state index contributed by atoms with van der Waals surface area (Å²) in [5, 5.41) is 22.8. The van der Waals surface area contributed by atoms with Crippen LogP contribution in [0.2, 0.25) is 0 Å². The summed E-state index contributed by atoms with van der Waals surface area (Å²) in [6.07, 6.45) is -3.05. The van der Waals surface area contributed by atoms with Gasteiger partial charge in [-0.15, -0.1) is 24.8 Å². The molecule has 5 N–H and O–H groups in total. The van der Waals surface area contributed by atoms with Crippen LogP contribution in [0.4, 0.5) is 35.0 Å². The van der Waals surface area contributed by atoms with Gasteiger partial charge in [0.1, 0.15) is 5.75 Å². The number of hydrazone groups is 1. The van der Waals surface area contributed by atoms with Crippen molar-refractivity contribution in [3.05, 3.63) is 82.9 Å². The van der Waals surface area contributed by atoms with Gasteiger partial charge in [-0.1, -0.05) is 53.7 Å². The van der Waals surface area contributed by atoms with Crippen LogP contribution in [0, 0.1) is 0 Å². The number of piperazine rings is 1. The third-order valence-electron chi connectivity index (χ3n) is 8.28. The lowest BCUT2D eigenvalue weighted by Crippen LogP contribution is -2.50. The number of nitrogens with zero attached hydrogens (tertiary/aromatic N) is 3. The number of benzene rings is 3. The molecule has 290 valence electrons. The lowest BCUT2D eigenvalue weighted by Gasteiger charge is -2.33. The van der Waals surface area contributed by atoms with Crippen LogP contribution in [-0.4, -0.2) is 78.2 Å². The van der Waals surface area contributed by atoms with Gasteiger partial charge < -0.3 is 21.1 Å². The minimum absolute atomic E-state index is 0. The fourth-order valence-electron chi connectivity index (χ4n) is 5.39. The molecule has 4 amide bonds. The molecule has 11 nitrogen and oxygen atoms in total. The number of anilines is 3. The van der Waals surface area contributed by atoms with Crippen LogP contribution in [-0.2, 0) is 26.6 Å². The lowest BCUT2D eigenvalue weighted by atomic mass is 9.79. The Morgan fingerprint density at radius 2 is 1.25 bits per heavy atom. The molecule has 1 fully saturated rings. The van der Waals surface area contributed by atoms with E-state index < -0.39 is 17.8 Å². The fourth-order valence-corrected chi connectivity index (χ4v) is 5.39. The number of halogens is 5. The van der Waals surface area contributed by atoms with Gasteiger partial charge in [0.25, 0.3) is 5.91 Å². The first-order chi connectivity index (χ1) is 23.8. The molecule has 0 atom stereocenters. The molecule has 53 heavy (non-hydrogen) atoms. The first-order valence-corrected chi connectivity index (χ1v) is 16.6. The summed E-state index contributed by atoms with van der Waals surface area (Å²) in [7, 11) is 0. The van der Waals surface area contributed by atoms with Crippen LogP contribution in [0.25, 0.3) is 0 Å². The number of phenols is 1. The standard InChI is InChI=1S/C37H46F3N7O4.2ClH/c1-35(2,3)26-18-24(33(50)30(20-26)36(4,5)6)21-41-45-32(49)23-47-16-14-46(15-17-47)22-31(48)42-27-10-12-28(13-11-27)43-34(51)44-29-9-7-8-25(19-29)37(38,39)40;;/h7-13,18-21,50H,14-17,22-23H2,1-6H3,(H,42,48)(H,45,49)(H2,43,44,51);2*1H/b41-21+;;. The number of hydrogen-bond donors (Lipinski definition) is 5. The molecule has 0 radical (unpaired) electrons. The van der Waals surface area contributed by atoms with Crippen molar-refractivity contribution in [1.29, 1.82) is 0 Å². The Bertz CT molecular complexity index is 1750. The number of aromatic hydroxyl groups is 1. The van der Waals surface area contributed by atoms with Gasteiger partial charge in [-0.2, -0.15) is 18.3 Å². The molecule has 0 bridgehead atoms. The minimum Gasteiger partial charge on any atom is -0.507 e. The molecule has 0 aliphatic carbocycles. The predicted molar refractivity (Wildman–Crippen MR) is 208 cm³/mol. The fraction of sp³-hybridized carbons (Fsp3) is 0.405. The molecule has 0 saturated carbocycles. The monoisotopic (exact) mass is 781 g/mol. The number of carbonyl (C=O) groups excluding carboxylic acids is 3. The van der Waals surface area contributed by atoms with E-state index in [1.54, 1.807) is 24.3 Å². The van der Waals surface area contributed by atoms with Gasteiger partial charge in [-0.3, -0.25) is 19.4 Å². The molecule has 1 saturated heterocycles. The zero-order chi connectivity index (χ0) is 37.6. The van der Waals surface area contributed by atoms with Gasteiger partial charge in [0.2, 0.25) is 5.91 Å². The van der Waals surface area contributed by atoms with Crippen LogP contribution in [0.15, 0.2) is 65.8 Å². The molecular formula is C37H48Cl2F3N7O4. The molecule has 3 aromatic carbocycles. The lowest BCUT2D eigenvalue weighted by molar-refractivity contribution is -0.137. The summed E-state index contributed by atoms with van der Waals surface area (Å²) in [4.78, 5) is 41.6. The average Bonchev–Trinajstić information content (AvgIpc) is 3.02. The molecule has 4 rings (SSSR count). The van der Waals surface area contributed by atoms with Crippen molar-refractivity contribution in [2.24, 2.45) is 5.10 Å². The Morgan fingerprint density at radius 3 is 1.77 bits per heavy atom. The average molecular weight is 783 g/mol. The van der Waals surface area contributed by atoms with Crippen molar-refractivity contribution in [2.45, 2.75) is 58.5 Å². The maximum atomic E-state index is 12.9. The van der Waals surface area contributed by atoms with Crippen molar-refractivity contribution in [2.75, 3.05) is 55.2 Å². The van der Waals surface area contributed by atoms with Crippen LogP contribution in [0.3, 0.4) is 0 Å². The summed E-state index contributed by atoms with van der Waals surface area (Å²) in [6, 6.07) is 13.8. The molecule has 1 aliphatic rings. The van der Waals surface area contributed by atoms with Crippen LogP contribution < -0.4 is 21.4 Å². The molecule has 0 aromatic heterocycles. The third kappa shape index (κ3) is 13.5. The SMILES string of the molecule is CC(C)(C)c1cc(/C=N/NC(=O)CN2CCN(CC(=O)Nc3ccc(NC(=O)Nc4cccc(C(F)(F)F)c4)cc3)CC2)c(O)c(C(C)(C)C)c1.Cl.Cl. The van der Waals surface area contributed by atoms with Gasteiger partial charge in [-0.25, -0.2) is 10.2 Å². The predicted octanol–water partition coefficient (Wildman–Crippen LogP) is 7.20. The van der Waals surface area contributed by atoms with E-state index in [2.05, 4.69) is 47.2 Å². The topological polar surface area (TPSA) is 138 Å². The summed E-state index contributed by atoms with van der Waals surface area (Å²) in [5.74, 6) is -0.375. The zero-order valence-corrected chi connectivity index (χ0v) is 32.2. The molecule has 0 unspecified atom stereocenters. The number of rotatable bonds is 9. The second-order valence-electron chi connectivity index (χ2n) is 14.6.